The summed E-state index contributed by atoms with van der Waals surface area (Å²) in [5.74, 6) is -0.112. The molecule has 7 heteroatoms. The minimum atomic E-state index is -0.938. The molecule has 3 N–H and O–H groups in total. The number of aromatic amines is 1. The lowest BCUT2D eigenvalue weighted by molar-refractivity contribution is -0.116. The zero-order valence-electron chi connectivity index (χ0n) is 15.2. The summed E-state index contributed by atoms with van der Waals surface area (Å²) in [5, 5.41) is 13.3. The van der Waals surface area contributed by atoms with E-state index in [1.165, 1.54) is 0 Å². The van der Waals surface area contributed by atoms with Gasteiger partial charge in [-0.15, -0.1) is 0 Å². The summed E-state index contributed by atoms with van der Waals surface area (Å²) in [5.41, 5.74) is 1.74. The highest BCUT2D eigenvalue weighted by atomic mass is 16.5. The molecule has 1 aromatic heterocycles. The van der Waals surface area contributed by atoms with E-state index in [1.54, 1.807) is 19.9 Å². The maximum Gasteiger partial charge on any atom is 0.338 e. The topological polar surface area (TPSA) is 94.7 Å². The van der Waals surface area contributed by atoms with Gasteiger partial charge in [-0.05, 0) is 45.0 Å². The fraction of sp³-hybridized carbons (Fsp3) is 0.474. The zero-order valence-corrected chi connectivity index (χ0v) is 15.2. The predicted molar refractivity (Wildman–Crippen MR) is 99.0 cm³/mol. The Balaban J connectivity index is 1.53. The number of carboxylic acids is 1. The van der Waals surface area contributed by atoms with Gasteiger partial charge in [-0.2, -0.15) is 0 Å². The van der Waals surface area contributed by atoms with Crippen molar-refractivity contribution in [2.45, 2.75) is 26.3 Å². The summed E-state index contributed by atoms with van der Waals surface area (Å²) >= 11 is 0. The lowest BCUT2D eigenvalue weighted by Gasteiger charge is -2.16. The number of aromatic carboxylic acids is 1. The highest BCUT2D eigenvalue weighted by Gasteiger charge is 2.22. The molecule has 26 heavy (non-hydrogen) atoms. The summed E-state index contributed by atoms with van der Waals surface area (Å²) in [6, 6.07) is 5.84. The molecule has 1 aliphatic heterocycles. The SMILES string of the molecule is CC(=O)CNC1CCN(CCOc2ccc3[nH]c(C)c(C(=O)O)c3c2)C1. The number of Topliss-reactive ketones (excluding diaryl/α,β-unsaturated/α-hetero) is 1. The van der Waals surface area contributed by atoms with Gasteiger partial charge in [-0.25, -0.2) is 4.79 Å². The van der Waals surface area contributed by atoms with E-state index in [9.17, 15) is 14.7 Å². The summed E-state index contributed by atoms with van der Waals surface area (Å²) in [6.45, 7) is 7.01. The Morgan fingerprint density at radius 3 is 2.96 bits per heavy atom. The predicted octanol–water partition coefficient (Wildman–Crippen LogP) is 1.81. The maximum atomic E-state index is 11.4. The first-order valence-electron chi connectivity index (χ1n) is 8.87. The molecule has 0 saturated carbocycles. The number of rotatable bonds is 8. The Kier molecular flexibility index (Phi) is 5.58. The average Bonchev–Trinajstić information content (AvgIpc) is 3.15. The number of carboxylic acid groups (broad SMARTS) is 1. The molecule has 140 valence electrons. The van der Waals surface area contributed by atoms with Crippen molar-refractivity contribution < 1.29 is 19.4 Å². The summed E-state index contributed by atoms with van der Waals surface area (Å²) in [4.78, 5) is 27.9. The Morgan fingerprint density at radius 1 is 1.42 bits per heavy atom. The molecule has 2 aromatic rings. The molecule has 0 radical (unpaired) electrons. The standard InChI is InChI=1S/C19H25N3O4/c1-12(23)10-20-14-5-6-22(11-14)7-8-26-15-3-4-17-16(9-15)18(19(24)25)13(2)21-17/h3-4,9,14,20-21H,5-8,10-11H2,1-2H3,(H,24,25). The van der Waals surface area contributed by atoms with Crippen LogP contribution in [-0.2, 0) is 4.79 Å². The highest BCUT2D eigenvalue weighted by Crippen LogP contribution is 2.26. The largest absolute Gasteiger partial charge is 0.492 e. The number of ketones is 1. The fourth-order valence-corrected chi connectivity index (χ4v) is 3.45. The Labute approximate surface area is 152 Å². The molecule has 0 aliphatic carbocycles. The van der Waals surface area contributed by atoms with Crippen LogP contribution in [0.15, 0.2) is 18.2 Å². The highest BCUT2D eigenvalue weighted by molar-refractivity contribution is 6.05. The molecule has 1 saturated heterocycles. The number of ether oxygens (including phenoxy) is 1. The number of nitrogens with one attached hydrogen (secondary N) is 2. The molecule has 0 spiro atoms. The van der Waals surface area contributed by atoms with E-state index in [-0.39, 0.29) is 5.78 Å². The maximum absolute atomic E-state index is 11.4. The monoisotopic (exact) mass is 359 g/mol. The molecule has 0 bridgehead atoms. The second kappa shape index (κ2) is 7.88. The number of aryl methyl sites for hydroxylation is 1. The minimum absolute atomic E-state index is 0.155. The average molecular weight is 359 g/mol. The molecule has 1 aromatic carbocycles. The third-order valence-electron chi connectivity index (χ3n) is 4.76. The van der Waals surface area contributed by atoms with Crippen molar-refractivity contribution in [1.29, 1.82) is 0 Å². The minimum Gasteiger partial charge on any atom is -0.492 e. The van der Waals surface area contributed by atoms with E-state index in [4.69, 9.17) is 4.74 Å². The molecule has 1 unspecified atom stereocenters. The van der Waals surface area contributed by atoms with Gasteiger partial charge >= 0.3 is 5.97 Å². The second-order valence-corrected chi connectivity index (χ2v) is 6.86. The Morgan fingerprint density at radius 2 is 2.23 bits per heavy atom. The van der Waals surface area contributed by atoms with Gasteiger partial charge in [0, 0.05) is 35.7 Å². The van der Waals surface area contributed by atoms with Crippen LogP contribution in [0.3, 0.4) is 0 Å². The van der Waals surface area contributed by atoms with E-state index in [1.807, 2.05) is 12.1 Å². The first-order chi connectivity index (χ1) is 12.4. The van der Waals surface area contributed by atoms with Gasteiger partial charge in [0.1, 0.15) is 18.1 Å². The number of likely N-dealkylation sites (tertiary alicyclic amines) is 1. The lowest BCUT2D eigenvalue weighted by atomic mass is 10.1. The molecule has 3 rings (SSSR count). The molecule has 1 fully saturated rings. The smallest absolute Gasteiger partial charge is 0.338 e. The first kappa shape index (κ1) is 18.4. The number of aromatic nitrogens is 1. The number of carbonyl (C=O) groups excluding carboxylic acids is 1. The van der Waals surface area contributed by atoms with E-state index >= 15 is 0 Å². The third-order valence-corrected chi connectivity index (χ3v) is 4.76. The van der Waals surface area contributed by atoms with Crippen molar-refractivity contribution in [3.8, 4) is 5.75 Å². The summed E-state index contributed by atoms with van der Waals surface area (Å²) in [6.07, 6.45) is 1.03. The van der Waals surface area contributed by atoms with Crippen LogP contribution in [0.2, 0.25) is 0 Å². The molecule has 1 atom stereocenters. The van der Waals surface area contributed by atoms with Crippen LogP contribution in [0.5, 0.6) is 5.75 Å². The molecule has 7 nitrogen and oxygen atoms in total. The molecular formula is C19H25N3O4. The van der Waals surface area contributed by atoms with E-state index in [0.717, 1.165) is 31.6 Å². The van der Waals surface area contributed by atoms with Crippen molar-refractivity contribution in [2.24, 2.45) is 0 Å². The van der Waals surface area contributed by atoms with Crippen LogP contribution in [0.4, 0.5) is 0 Å². The molecule has 1 aliphatic rings. The van der Waals surface area contributed by atoms with Crippen LogP contribution >= 0.6 is 0 Å². The first-order valence-corrected chi connectivity index (χ1v) is 8.87. The lowest BCUT2D eigenvalue weighted by Crippen LogP contribution is -2.36. The number of hydrogen-bond donors (Lipinski definition) is 3. The van der Waals surface area contributed by atoms with Crippen LogP contribution in [-0.4, -0.2) is 65.6 Å². The van der Waals surface area contributed by atoms with Gasteiger partial charge in [0.25, 0.3) is 0 Å². The van der Waals surface area contributed by atoms with E-state index < -0.39 is 5.97 Å². The van der Waals surface area contributed by atoms with Crippen molar-refractivity contribution >= 4 is 22.7 Å². The number of H-pyrrole nitrogens is 1. The van der Waals surface area contributed by atoms with E-state index in [2.05, 4.69) is 15.2 Å². The number of fused-ring (bicyclic) bond motifs is 1. The molecule has 2 heterocycles. The van der Waals surface area contributed by atoms with E-state index in [0.29, 0.717) is 41.6 Å². The summed E-state index contributed by atoms with van der Waals surface area (Å²) in [7, 11) is 0. The Hall–Kier alpha value is -2.38. The van der Waals surface area contributed by atoms with Gasteiger partial charge in [0.15, 0.2) is 0 Å². The van der Waals surface area contributed by atoms with Crippen LogP contribution in [0, 0.1) is 6.92 Å². The molecule has 0 amide bonds. The third kappa shape index (κ3) is 4.23. The van der Waals surface area contributed by atoms with Gasteiger partial charge < -0.3 is 20.1 Å². The van der Waals surface area contributed by atoms with Crippen molar-refractivity contribution in [1.82, 2.24) is 15.2 Å². The van der Waals surface area contributed by atoms with Crippen molar-refractivity contribution in [2.75, 3.05) is 32.8 Å². The normalized spacial score (nSPS) is 17.7. The number of carbonyl (C=O) groups is 2. The second-order valence-electron chi connectivity index (χ2n) is 6.86. The van der Waals surface area contributed by atoms with Gasteiger partial charge in [-0.3, -0.25) is 9.69 Å². The van der Waals surface area contributed by atoms with Gasteiger partial charge in [0.05, 0.1) is 12.1 Å². The van der Waals surface area contributed by atoms with Crippen LogP contribution in [0.1, 0.15) is 29.4 Å². The molecular weight excluding hydrogens is 334 g/mol. The van der Waals surface area contributed by atoms with Crippen LogP contribution < -0.4 is 10.1 Å². The number of nitrogens with zero attached hydrogens (tertiary/aromatic N) is 1. The number of benzene rings is 1. The zero-order chi connectivity index (χ0) is 18.7. The quantitative estimate of drug-likeness (QED) is 0.665. The summed E-state index contributed by atoms with van der Waals surface area (Å²) < 4.78 is 5.83. The van der Waals surface area contributed by atoms with Gasteiger partial charge in [0.2, 0.25) is 0 Å². The van der Waals surface area contributed by atoms with Gasteiger partial charge in [-0.1, -0.05) is 0 Å². The van der Waals surface area contributed by atoms with Crippen LogP contribution in [0.25, 0.3) is 10.9 Å². The number of hydrogen-bond acceptors (Lipinski definition) is 5. The van der Waals surface area contributed by atoms with Crippen molar-refractivity contribution in [3.05, 3.63) is 29.5 Å². The van der Waals surface area contributed by atoms with Crippen molar-refractivity contribution in [3.63, 3.8) is 0 Å². The Bertz CT molecular complexity index is 814. The fourth-order valence-electron chi connectivity index (χ4n) is 3.45.